The predicted octanol–water partition coefficient (Wildman–Crippen LogP) is 2.08. The normalized spacial score (nSPS) is 10.5. The van der Waals surface area contributed by atoms with Crippen molar-refractivity contribution < 1.29 is 9.53 Å². The van der Waals surface area contributed by atoms with E-state index < -0.39 is 0 Å². The average molecular weight is 157 g/mol. The molecule has 0 aliphatic carbocycles. The molecule has 0 unspecified atom stereocenters. The quantitative estimate of drug-likeness (QED) is 0.529. The summed E-state index contributed by atoms with van der Waals surface area (Å²) in [6.45, 7) is 4.87. The summed E-state index contributed by atoms with van der Waals surface area (Å²) in [4.78, 5) is 9.79. The standard InChI is InChI=1S/C9H17O2/c1-9(2)11-8-6-4-3-5-7-10/h9H,3-6,8H2,1-2H3. The van der Waals surface area contributed by atoms with Crippen LogP contribution in [-0.2, 0) is 9.53 Å². The average Bonchev–Trinajstić information content (AvgIpc) is 1.96. The maximum atomic E-state index is 9.79. The fourth-order valence-electron chi connectivity index (χ4n) is 0.795. The topological polar surface area (TPSA) is 26.3 Å². The SMILES string of the molecule is CC(C)OCCCCC[C]=O. The van der Waals surface area contributed by atoms with Gasteiger partial charge in [-0.05, 0) is 26.7 Å². The van der Waals surface area contributed by atoms with E-state index in [1.165, 1.54) is 0 Å². The summed E-state index contributed by atoms with van der Waals surface area (Å²) < 4.78 is 5.32. The Morgan fingerprint density at radius 3 is 2.55 bits per heavy atom. The molecule has 2 nitrogen and oxygen atoms in total. The van der Waals surface area contributed by atoms with Crippen LogP contribution in [0.5, 0.6) is 0 Å². The Morgan fingerprint density at radius 1 is 1.27 bits per heavy atom. The Balaban J connectivity index is 2.85. The molecular weight excluding hydrogens is 140 g/mol. The first kappa shape index (κ1) is 10.6. The molecule has 0 N–H and O–H groups in total. The summed E-state index contributed by atoms with van der Waals surface area (Å²) in [5.74, 6) is 0. The van der Waals surface area contributed by atoms with Gasteiger partial charge in [-0.15, -0.1) is 0 Å². The molecule has 0 aliphatic heterocycles. The lowest BCUT2D eigenvalue weighted by Gasteiger charge is -2.05. The van der Waals surface area contributed by atoms with Crippen LogP contribution in [0.1, 0.15) is 39.5 Å². The van der Waals surface area contributed by atoms with Gasteiger partial charge in [-0.25, -0.2) is 0 Å². The molecular formula is C9H17O2. The molecule has 0 spiro atoms. The number of carbonyl (C=O) groups excluding carboxylic acids is 1. The summed E-state index contributed by atoms with van der Waals surface area (Å²) in [5.41, 5.74) is 0. The first-order chi connectivity index (χ1) is 5.27. The van der Waals surface area contributed by atoms with Crippen LogP contribution < -0.4 is 0 Å². The molecule has 0 aromatic rings. The van der Waals surface area contributed by atoms with E-state index in [2.05, 4.69) is 0 Å². The van der Waals surface area contributed by atoms with Crippen LogP contribution in [0.15, 0.2) is 0 Å². The molecule has 11 heavy (non-hydrogen) atoms. The third kappa shape index (κ3) is 9.63. The van der Waals surface area contributed by atoms with Gasteiger partial charge in [-0.3, -0.25) is 4.79 Å². The number of unbranched alkanes of at least 4 members (excludes halogenated alkanes) is 3. The molecule has 0 fully saturated rings. The van der Waals surface area contributed by atoms with Crippen LogP contribution in [-0.4, -0.2) is 19.0 Å². The lowest BCUT2D eigenvalue weighted by molar-refractivity contribution is 0.0758. The van der Waals surface area contributed by atoms with Crippen LogP contribution in [0.25, 0.3) is 0 Å². The zero-order valence-electron chi connectivity index (χ0n) is 7.43. The van der Waals surface area contributed by atoms with E-state index in [4.69, 9.17) is 4.74 Å². The molecule has 0 rings (SSSR count). The van der Waals surface area contributed by atoms with Crippen molar-refractivity contribution in [1.29, 1.82) is 0 Å². The minimum atomic E-state index is 0.327. The van der Waals surface area contributed by atoms with E-state index in [0.717, 1.165) is 25.9 Å². The summed E-state index contributed by atoms with van der Waals surface area (Å²) in [6, 6.07) is 0. The highest BCUT2D eigenvalue weighted by atomic mass is 16.5. The predicted molar refractivity (Wildman–Crippen MR) is 45.2 cm³/mol. The van der Waals surface area contributed by atoms with E-state index in [1.807, 2.05) is 20.1 Å². The summed E-state index contributed by atoms with van der Waals surface area (Å²) in [6.07, 6.45) is 5.85. The highest BCUT2D eigenvalue weighted by Crippen LogP contribution is 1.99. The number of ether oxygens (including phenoxy) is 1. The van der Waals surface area contributed by atoms with E-state index in [1.54, 1.807) is 0 Å². The van der Waals surface area contributed by atoms with Crippen LogP contribution in [0, 0.1) is 0 Å². The fourth-order valence-corrected chi connectivity index (χ4v) is 0.795. The highest BCUT2D eigenvalue weighted by Gasteiger charge is 1.92. The Morgan fingerprint density at radius 2 is 2.00 bits per heavy atom. The number of rotatable bonds is 7. The van der Waals surface area contributed by atoms with Crippen molar-refractivity contribution in [1.82, 2.24) is 0 Å². The van der Waals surface area contributed by atoms with Gasteiger partial charge in [0.25, 0.3) is 0 Å². The third-order valence-corrected chi connectivity index (χ3v) is 1.37. The van der Waals surface area contributed by atoms with Crippen molar-refractivity contribution in [3.8, 4) is 0 Å². The van der Waals surface area contributed by atoms with Crippen molar-refractivity contribution in [2.75, 3.05) is 6.61 Å². The highest BCUT2D eigenvalue weighted by molar-refractivity contribution is 5.50. The minimum absolute atomic E-state index is 0.327. The van der Waals surface area contributed by atoms with Gasteiger partial charge >= 0.3 is 0 Å². The van der Waals surface area contributed by atoms with Crippen molar-refractivity contribution in [3.63, 3.8) is 0 Å². The second kappa shape index (κ2) is 7.73. The van der Waals surface area contributed by atoms with Gasteiger partial charge in [0.1, 0.15) is 0 Å². The van der Waals surface area contributed by atoms with E-state index >= 15 is 0 Å². The van der Waals surface area contributed by atoms with Crippen LogP contribution >= 0.6 is 0 Å². The van der Waals surface area contributed by atoms with E-state index in [0.29, 0.717) is 12.5 Å². The Kier molecular flexibility index (Phi) is 7.47. The molecule has 0 bridgehead atoms. The minimum Gasteiger partial charge on any atom is -0.379 e. The zero-order valence-corrected chi connectivity index (χ0v) is 7.43. The molecule has 0 aliphatic rings. The van der Waals surface area contributed by atoms with Gasteiger partial charge in [0.05, 0.1) is 6.10 Å². The first-order valence-corrected chi connectivity index (χ1v) is 4.24. The van der Waals surface area contributed by atoms with Gasteiger partial charge in [-0.1, -0.05) is 6.42 Å². The molecule has 0 amide bonds. The summed E-state index contributed by atoms with van der Waals surface area (Å²) in [5, 5.41) is 0. The van der Waals surface area contributed by atoms with E-state index in [9.17, 15) is 4.79 Å². The van der Waals surface area contributed by atoms with Crippen LogP contribution in [0.3, 0.4) is 0 Å². The molecule has 65 valence electrons. The number of hydrogen-bond acceptors (Lipinski definition) is 2. The molecule has 2 heteroatoms. The van der Waals surface area contributed by atoms with Crippen LogP contribution in [0.2, 0.25) is 0 Å². The van der Waals surface area contributed by atoms with Crippen molar-refractivity contribution >= 4 is 6.29 Å². The van der Waals surface area contributed by atoms with Crippen LogP contribution in [0.4, 0.5) is 0 Å². The Labute approximate surface area is 68.9 Å². The second-order valence-electron chi connectivity index (χ2n) is 2.87. The summed E-state index contributed by atoms with van der Waals surface area (Å²) >= 11 is 0. The largest absolute Gasteiger partial charge is 0.379 e. The second-order valence-corrected chi connectivity index (χ2v) is 2.87. The van der Waals surface area contributed by atoms with Crippen molar-refractivity contribution in [2.45, 2.75) is 45.6 Å². The van der Waals surface area contributed by atoms with E-state index in [-0.39, 0.29) is 0 Å². The molecule has 0 aromatic carbocycles. The van der Waals surface area contributed by atoms with Gasteiger partial charge in [0.2, 0.25) is 0 Å². The monoisotopic (exact) mass is 157 g/mol. The first-order valence-electron chi connectivity index (χ1n) is 4.24. The lowest BCUT2D eigenvalue weighted by atomic mass is 10.2. The van der Waals surface area contributed by atoms with Gasteiger partial charge in [-0.2, -0.15) is 0 Å². The fraction of sp³-hybridized carbons (Fsp3) is 0.889. The van der Waals surface area contributed by atoms with Crippen molar-refractivity contribution in [2.24, 2.45) is 0 Å². The van der Waals surface area contributed by atoms with Crippen molar-refractivity contribution in [3.05, 3.63) is 0 Å². The van der Waals surface area contributed by atoms with Gasteiger partial charge in [0.15, 0.2) is 6.29 Å². The molecule has 0 atom stereocenters. The maximum absolute atomic E-state index is 9.79. The zero-order chi connectivity index (χ0) is 8.53. The summed E-state index contributed by atoms with van der Waals surface area (Å²) in [7, 11) is 0. The molecule has 1 radical (unpaired) electrons. The Bertz CT molecular complexity index is 89.6. The van der Waals surface area contributed by atoms with Gasteiger partial charge in [0, 0.05) is 13.0 Å². The smallest absolute Gasteiger partial charge is 0.198 e. The lowest BCUT2D eigenvalue weighted by Crippen LogP contribution is -2.03. The molecule has 0 aromatic heterocycles. The Hall–Kier alpha value is -0.370. The molecule has 0 saturated heterocycles. The molecule has 0 heterocycles. The third-order valence-electron chi connectivity index (χ3n) is 1.37. The maximum Gasteiger partial charge on any atom is 0.198 e. The van der Waals surface area contributed by atoms with Gasteiger partial charge < -0.3 is 4.74 Å². The molecule has 0 saturated carbocycles. The number of hydrogen-bond donors (Lipinski definition) is 0.